The summed E-state index contributed by atoms with van der Waals surface area (Å²) in [6.07, 6.45) is 1.36. The third-order valence-corrected chi connectivity index (χ3v) is 9.90. The van der Waals surface area contributed by atoms with Crippen LogP contribution in [0.4, 0.5) is 0 Å². The van der Waals surface area contributed by atoms with Crippen LogP contribution in [0.25, 0.3) is 16.9 Å². The summed E-state index contributed by atoms with van der Waals surface area (Å²) >= 11 is 0. The Bertz CT molecular complexity index is 2130. The maximum atomic E-state index is 14.3. The summed E-state index contributed by atoms with van der Waals surface area (Å²) in [5, 5.41) is 4.65. The summed E-state index contributed by atoms with van der Waals surface area (Å²) in [4.78, 5) is 19.9. The van der Waals surface area contributed by atoms with Crippen LogP contribution in [-0.2, 0) is 39.7 Å². The number of imidazole rings is 1. The molecule has 5 rings (SSSR count). The SMILES string of the molecule is CCCc1nc(C)c2c(=O)[nH]c(-c3cc(S(=O)(=O)N(Cc4ccccc4)Cc4ccccc4S(=O)(=O)O)ccc3OCC)nn12. The second kappa shape index (κ2) is 12.9. The van der Waals surface area contributed by atoms with Crippen LogP contribution in [0.2, 0.25) is 0 Å². The molecule has 0 saturated carbocycles. The lowest BCUT2D eigenvalue weighted by Gasteiger charge is -2.24. The van der Waals surface area contributed by atoms with E-state index in [1.165, 1.54) is 40.9 Å². The van der Waals surface area contributed by atoms with Crippen LogP contribution in [-0.4, -0.2) is 51.9 Å². The lowest BCUT2D eigenvalue weighted by atomic mass is 10.2. The van der Waals surface area contributed by atoms with Crippen LogP contribution in [0.3, 0.4) is 0 Å². The molecule has 236 valence electrons. The first kappa shape index (κ1) is 32.0. The third kappa shape index (κ3) is 6.68. The molecule has 5 aromatic rings. The fourth-order valence-corrected chi connectivity index (χ4v) is 7.26. The van der Waals surface area contributed by atoms with Gasteiger partial charge in [0, 0.05) is 19.5 Å². The highest BCUT2D eigenvalue weighted by molar-refractivity contribution is 7.89. The lowest BCUT2D eigenvalue weighted by molar-refractivity contribution is 0.341. The van der Waals surface area contributed by atoms with Crippen LogP contribution in [0.5, 0.6) is 5.75 Å². The average Bonchev–Trinajstić information content (AvgIpc) is 3.32. The van der Waals surface area contributed by atoms with Crippen molar-refractivity contribution >= 4 is 25.7 Å². The quantitative estimate of drug-likeness (QED) is 0.186. The number of fused-ring (bicyclic) bond motifs is 1. The van der Waals surface area contributed by atoms with E-state index >= 15 is 0 Å². The van der Waals surface area contributed by atoms with E-state index in [-0.39, 0.29) is 46.4 Å². The average molecular weight is 652 g/mol. The van der Waals surface area contributed by atoms with E-state index in [0.717, 1.165) is 10.7 Å². The largest absolute Gasteiger partial charge is 0.493 e. The molecule has 3 aromatic carbocycles. The summed E-state index contributed by atoms with van der Waals surface area (Å²) in [6.45, 7) is 5.31. The van der Waals surface area contributed by atoms with Gasteiger partial charge in [-0.25, -0.2) is 17.9 Å². The van der Waals surface area contributed by atoms with Gasteiger partial charge in [0.05, 0.1) is 27.7 Å². The van der Waals surface area contributed by atoms with Gasteiger partial charge in [-0.3, -0.25) is 9.35 Å². The van der Waals surface area contributed by atoms with Crippen molar-refractivity contribution in [2.24, 2.45) is 0 Å². The summed E-state index contributed by atoms with van der Waals surface area (Å²) in [6, 6.07) is 18.8. The lowest BCUT2D eigenvalue weighted by Crippen LogP contribution is -2.31. The highest BCUT2D eigenvalue weighted by Gasteiger charge is 2.29. The summed E-state index contributed by atoms with van der Waals surface area (Å²) in [7, 11) is -8.96. The van der Waals surface area contributed by atoms with Crippen LogP contribution < -0.4 is 10.3 Å². The smallest absolute Gasteiger partial charge is 0.294 e. The Balaban J connectivity index is 1.66. The maximum Gasteiger partial charge on any atom is 0.294 e. The number of hydrogen-bond acceptors (Lipinski definition) is 8. The van der Waals surface area contributed by atoms with E-state index in [4.69, 9.17) is 4.74 Å². The number of sulfonamides is 1. The van der Waals surface area contributed by atoms with Gasteiger partial charge in [0.25, 0.3) is 15.7 Å². The Morgan fingerprint density at radius 2 is 1.67 bits per heavy atom. The number of hydrogen-bond donors (Lipinski definition) is 2. The van der Waals surface area contributed by atoms with Gasteiger partial charge in [-0.2, -0.15) is 12.7 Å². The molecule has 14 heteroatoms. The Hall–Kier alpha value is -4.37. The van der Waals surface area contributed by atoms with E-state index in [2.05, 4.69) is 15.1 Å². The summed E-state index contributed by atoms with van der Waals surface area (Å²) in [5.41, 5.74) is 1.39. The maximum absolute atomic E-state index is 14.3. The van der Waals surface area contributed by atoms with Gasteiger partial charge in [0.15, 0.2) is 11.3 Å². The molecule has 2 N–H and O–H groups in total. The number of aryl methyl sites for hydroxylation is 2. The van der Waals surface area contributed by atoms with E-state index in [1.807, 2.05) is 6.92 Å². The fourth-order valence-electron chi connectivity index (χ4n) is 5.12. The molecule has 0 saturated heterocycles. The summed E-state index contributed by atoms with van der Waals surface area (Å²) < 4.78 is 71.2. The number of nitrogens with zero attached hydrogens (tertiary/aromatic N) is 4. The predicted octanol–water partition coefficient (Wildman–Crippen LogP) is 4.38. The first-order valence-electron chi connectivity index (χ1n) is 14.3. The van der Waals surface area contributed by atoms with Crippen molar-refractivity contribution in [2.75, 3.05) is 6.61 Å². The van der Waals surface area contributed by atoms with Gasteiger partial charge in [0.1, 0.15) is 11.6 Å². The van der Waals surface area contributed by atoms with Crippen molar-refractivity contribution in [1.29, 1.82) is 0 Å². The van der Waals surface area contributed by atoms with Crippen molar-refractivity contribution in [3.8, 4) is 17.1 Å². The minimum Gasteiger partial charge on any atom is -0.493 e. The number of ether oxygens (including phenoxy) is 1. The van der Waals surface area contributed by atoms with Crippen LogP contribution >= 0.6 is 0 Å². The zero-order valence-electron chi connectivity index (χ0n) is 25.0. The highest BCUT2D eigenvalue weighted by Crippen LogP contribution is 2.33. The Kier molecular flexibility index (Phi) is 9.20. The second-order valence-electron chi connectivity index (χ2n) is 10.4. The van der Waals surface area contributed by atoms with Crippen molar-refractivity contribution in [3.05, 3.63) is 106 Å². The zero-order valence-corrected chi connectivity index (χ0v) is 26.6. The number of aromatic nitrogens is 4. The van der Waals surface area contributed by atoms with E-state index in [9.17, 15) is 26.2 Å². The topological polar surface area (TPSA) is 164 Å². The minimum atomic E-state index is -4.63. The first-order valence-corrected chi connectivity index (χ1v) is 17.2. The number of H-pyrrole nitrogens is 1. The second-order valence-corrected chi connectivity index (χ2v) is 13.7. The van der Waals surface area contributed by atoms with Gasteiger partial charge < -0.3 is 9.72 Å². The molecular formula is C31H33N5O7S2. The fraction of sp³-hybridized carbons (Fsp3) is 0.258. The normalized spacial score (nSPS) is 12.2. The molecule has 0 radical (unpaired) electrons. The van der Waals surface area contributed by atoms with Gasteiger partial charge in [0.2, 0.25) is 10.0 Å². The Morgan fingerprint density at radius 1 is 0.956 bits per heavy atom. The highest BCUT2D eigenvalue weighted by atomic mass is 32.2. The number of rotatable bonds is 12. The molecule has 0 amide bonds. The summed E-state index contributed by atoms with van der Waals surface area (Å²) in [5.74, 6) is 0.999. The molecule has 0 aliphatic rings. The molecule has 0 atom stereocenters. The molecule has 0 aliphatic carbocycles. The predicted molar refractivity (Wildman–Crippen MR) is 168 cm³/mol. The van der Waals surface area contributed by atoms with Crippen LogP contribution in [0.1, 0.15) is 42.9 Å². The molecule has 2 heterocycles. The molecule has 0 fully saturated rings. The molecule has 0 spiro atoms. The molecule has 0 unspecified atom stereocenters. The molecular weight excluding hydrogens is 619 g/mol. The van der Waals surface area contributed by atoms with Crippen molar-refractivity contribution in [2.45, 2.75) is 56.5 Å². The van der Waals surface area contributed by atoms with Crippen molar-refractivity contribution in [1.82, 2.24) is 23.9 Å². The molecule has 12 nitrogen and oxygen atoms in total. The molecule has 0 bridgehead atoms. The number of aromatic amines is 1. The van der Waals surface area contributed by atoms with Gasteiger partial charge in [-0.1, -0.05) is 55.5 Å². The van der Waals surface area contributed by atoms with Crippen LogP contribution in [0.15, 0.2) is 87.4 Å². The molecule has 0 aliphatic heterocycles. The zero-order chi connectivity index (χ0) is 32.4. The molecule has 45 heavy (non-hydrogen) atoms. The van der Waals surface area contributed by atoms with Gasteiger partial charge >= 0.3 is 0 Å². The minimum absolute atomic E-state index is 0.0917. The van der Waals surface area contributed by atoms with Crippen molar-refractivity contribution in [3.63, 3.8) is 0 Å². The van der Waals surface area contributed by atoms with Crippen molar-refractivity contribution < 1.29 is 26.1 Å². The van der Waals surface area contributed by atoms with E-state index in [0.29, 0.717) is 34.8 Å². The standard InChI is InChI=1S/C31H33N5O7S2/c1-4-11-28-32-21(3)29-31(37)33-30(34-36(28)29)25-18-24(16-17-26(25)43-5-2)44(38,39)35(19-22-12-7-6-8-13-22)20-23-14-9-10-15-27(23)45(40,41)42/h6-10,12-18H,4-5,11,19-20H2,1-3H3,(H,33,34,37)(H,40,41,42). The Morgan fingerprint density at radius 3 is 2.36 bits per heavy atom. The Labute approximate surface area is 261 Å². The number of benzene rings is 3. The van der Waals surface area contributed by atoms with E-state index < -0.39 is 25.7 Å². The van der Waals surface area contributed by atoms with Gasteiger partial charge in [-0.15, -0.1) is 5.10 Å². The molecule has 2 aromatic heterocycles. The van der Waals surface area contributed by atoms with Gasteiger partial charge in [-0.05, 0) is 55.7 Å². The number of nitrogens with one attached hydrogen (secondary N) is 1. The monoisotopic (exact) mass is 651 g/mol. The first-order chi connectivity index (χ1) is 21.4. The van der Waals surface area contributed by atoms with E-state index in [1.54, 1.807) is 50.2 Å². The third-order valence-electron chi connectivity index (χ3n) is 7.16. The van der Waals surface area contributed by atoms with Crippen LogP contribution in [0, 0.1) is 6.92 Å².